The number of nitrogens with one attached hydrogen (secondary N) is 1. The van der Waals surface area contributed by atoms with Crippen molar-refractivity contribution in [3.8, 4) is 0 Å². The molecule has 3 aromatic rings. The van der Waals surface area contributed by atoms with Gasteiger partial charge in [-0.25, -0.2) is 13.4 Å². The molecular weight excluding hydrogens is 376 g/mol. The molecule has 3 N–H and O–H groups in total. The van der Waals surface area contributed by atoms with Gasteiger partial charge in [0.05, 0.1) is 10.2 Å². The minimum atomic E-state index is -3.72. The third-order valence-corrected chi connectivity index (χ3v) is 5.43. The number of nitrogens with two attached hydrogens (primary N) is 1. The van der Waals surface area contributed by atoms with Crippen LogP contribution >= 0.6 is 27.3 Å². The van der Waals surface area contributed by atoms with Gasteiger partial charge in [-0.2, -0.15) is 0 Å². The van der Waals surface area contributed by atoms with E-state index >= 15 is 0 Å². The van der Waals surface area contributed by atoms with Crippen LogP contribution in [0.4, 0.5) is 10.8 Å². The van der Waals surface area contributed by atoms with Gasteiger partial charge in [-0.05, 0) is 40.2 Å². The first kappa shape index (κ1) is 14.2. The zero-order chi connectivity index (χ0) is 15.0. The highest BCUT2D eigenvalue weighted by Crippen LogP contribution is 2.29. The van der Waals surface area contributed by atoms with Crippen LogP contribution in [0.3, 0.4) is 0 Å². The monoisotopic (exact) mass is 384 g/mol. The van der Waals surface area contributed by atoms with E-state index in [4.69, 9.17) is 5.73 Å². The fraction of sp³-hybridized carbons (Fsp3) is 0. The Bertz CT molecular complexity index is 924. The fourth-order valence-electron chi connectivity index (χ4n) is 1.70. The summed E-state index contributed by atoms with van der Waals surface area (Å²) in [6, 6.07) is 6.70. The number of hydrogen-bond donors (Lipinski definition) is 2. The standard InChI is InChI=1S/C12H9BrN4O2S2/c13-7-3-9(6-15-5-7)21(18,19)17-12-16-10-2-1-8(14)4-11(10)20-12/h1-6H,14H2,(H,16,17). The second-order valence-electron chi connectivity index (χ2n) is 4.19. The zero-order valence-corrected chi connectivity index (χ0v) is 13.7. The SMILES string of the molecule is Nc1ccc2nc(NS(=O)(=O)c3cncc(Br)c3)sc2c1. The molecule has 0 saturated carbocycles. The molecule has 0 fully saturated rings. The van der Waals surface area contributed by atoms with Gasteiger partial charge in [0.1, 0.15) is 4.90 Å². The van der Waals surface area contributed by atoms with Gasteiger partial charge in [0.25, 0.3) is 10.0 Å². The average Bonchev–Trinajstić information content (AvgIpc) is 2.79. The third-order valence-electron chi connectivity index (χ3n) is 2.62. The van der Waals surface area contributed by atoms with Crippen LogP contribution in [0.5, 0.6) is 0 Å². The van der Waals surface area contributed by atoms with Gasteiger partial charge in [0, 0.05) is 22.6 Å². The fourth-order valence-corrected chi connectivity index (χ4v) is 4.35. The number of rotatable bonds is 3. The number of anilines is 2. The molecule has 9 heteroatoms. The van der Waals surface area contributed by atoms with Crippen molar-refractivity contribution in [2.45, 2.75) is 4.90 Å². The first-order valence-electron chi connectivity index (χ1n) is 5.73. The number of pyridine rings is 1. The second-order valence-corrected chi connectivity index (χ2v) is 7.82. The number of nitrogen functional groups attached to an aromatic ring is 1. The predicted octanol–water partition coefficient (Wildman–Crippen LogP) is 2.84. The molecule has 0 atom stereocenters. The van der Waals surface area contributed by atoms with E-state index in [1.165, 1.54) is 29.8 Å². The van der Waals surface area contributed by atoms with Crippen LogP contribution in [0.2, 0.25) is 0 Å². The van der Waals surface area contributed by atoms with Crippen LogP contribution in [-0.2, 0) is 10.0 Å². The molecule has 2 aromatic heterocycles. The first-order chi connectivity index (χ1) is 9.94. The van der Waals surface area contributed by atoms with Gasteiger partial charge in [-0.1, -0.05) is 11.3 Å². The van der Waals surface area contributed by atoms with E-state index in [1.54, 1.807) is 18.2 Å². The van der Waals surface area contributed by atoms with E-state index in [1.807, 2.05) is 0 Å². The van der Waals surface area contributed by atoms with Crippen molar-refractivity contribution < 1.29 is 8.42 Å². The summed E-state index contributed by atoms with van der Waals surface area (Å²) in [5, 5.41) is 0.288. The molecule has 0 amide bonds. The molecule has 3 rings (SSSR count). The lowest BCUT2D eigenvalue weighted by atomic mass is 10.3. The Morgan fingerprint density at radius 1 is 1.24 bits per heavy atom. The lowest BCUT2D eigenvalue weighted by Gasteiger charge is -2.04. The van der Waals surface area contributed by atoms with Crippen LogP contribution in [-0.4, -0.2) is 18.4 Å². The van der Waals surface area contributed by atoms with Gasteiger partial charge < -0.3 is 5.73 Å². The molecular formula is C12H9BrN4O2S2. The topological polar surface area (TPSA) is 98.0 Å². The maximum atomic E-state index is 12.3. The summed E-state index contributed by atoms with van der Waals surface area (Å²) in [6.45, 7) is 0. The Hall–Kier alpha value is -1.71. The number of thiazole rings is 1. The van der Waals surface area contributed by atoms with Crippen LogP contribution < -0.4 is 10.5 Å². The van der Waals surface area contributed by atoms with Crippen molar-refractivity contribution in [2.75, 3.05) is 10.5 Å². The molecule has 0 bridgehead atoms. The van der Waals surface area contributed by atoms with Crippen molar-refractivity contribution in [3.05, 3.63) is 41.1 Å². The number of aromatic nitrogens is 2. The van der Waals surface area contributed by atoms with E-state index in [-0.39, 0.29) is 10.0 Å². The van der Waals surface area contributed by atoms with Crippen LogP contribution in [0, 0.1) is 0 Å². The summed E-state index contributed by atoms with van der Waals surface area (Å²) in [5.74, 6) is 0. The molecule has 2 heterocycles. The molecule has 0 radical (unpaired) electrons. The summed E-state index contributed by atoms with van der Waals surface area (Å²) in [7, 11) is -3.72. The van der Waals surface area contributed by atoms with Crippen molar-refractivity contribution in [3.63, 3.8) is 0 Å². The van der Waals surface area contributed by atoms with Crippen LogP contribution in [0.25, 0.3) is 10.2 Å². The number of benzene rings is 1. The third kappa shape index (κ3) is 2.99. The summed E-state index contributed by atoms with van der Waals surface area (Å²) in [5.41, 5.74) is 7.00. The molecule has 0 aliphatic heterocycles. The quantitative estimate of drug-likeness (QED) is 0.676. The average molecular weight is 385 g/mol. The van der Waals surface area contributed by atoms with Gasteiger partial charge in [0.2, 0.25) is 0 Å². The van der Waals surface area contributed by atoms with Crippen molar-refractivity contribution in [1.29, 1.82) is 0 Å². The van der Waals surface area contributed by atoms with Gasteiger partial charge in [-0.3, -0.25) is 9.71 Å². The van der Waals surface area contributed by atoms with Crippen molar-refractivity contribution in [2.24, 2.45) is 0 Å². The molecule has 0 aliphatic carbocycles. The summed E-state index contributed by atoms with van der Waals surface area (Å²) in [4.78, 5) is 8.14. The largest absolute Gasteiger partial charge is 0.399 e. The molecule has 1 aromatic carbocycles. The Morgan fingerprint density at radius 3 is 2.81 bits per heavy atom. The molecule has 6 nitrogen and oxygen atoms in total. The van der Waals surface area contributed by atoms with Gasteiger partial charge in [0.15, 0.2) is 5.13 Å². The summed E-state index contributed by atoms with van der Waals surface area (Å²) in [6.07, 6.45) is 2.79. The number of hydrogen-bond acceptors (Lipinski definition) is 6. The van der Waals surface area contributed by atoms with Gasteiger partial charge >= 0.3 is 0 Å². The predicted molar refractivity (Wildman–Crippen MR) is 86.8 cm³/mol. The highest BCUT2D eigenvalue weighted by molar-refractivity contribution is 9.10. The minimum Gasteiger partial charge on any atom is -0.399 e. The Balaban J connectivity index is 1.97. The number of fused-ring (bicyclic) bond motifs is 1. The minimum absolute atomic E-state index is 0.0654. The van der Waals surface area contributed by atoms with Crippen LogP contribution in [0.15, 0.2) is 46.0 Å². The highest BCUT2D eigenvalue weighted by Gasteiger charge is 2.17. The highest BCUT2D eigenvalue weighted by atomic mass is 79.9. The number of sulfonamides is 1. The van der Waals surface area contributed by atoms with Crippen molar-refractivity contribution in [1.82, 2.24) is 9.97 Å². The first-order valence-corrected chi connectivity index (χ1v) is 8.83. The van der Waals surface area contributed by atoms with E-state index in [2.05, 4.69) is 30.6 Å². The maximum Gasteiger partial charge on any atom is 0.265 e. The molecule has 0 spiro atoms. The summed E-state index contributed by atoms with van der Waals surface area (Å²) >= 11 is 4.42. The molecule has 0 unspecified atom stereocenters. The molecule has 21 heavy (non-hydrogen) atoms. The Labute approximate surface area is 133 Å². The lowest BCUT2D eigenvalue weighted by molar-refractivity contribution is 0.600. The van der Waals surface area contributed by atoms with E-state index in [9.17, 15) is 8.42 Å². The molecule has 0 saturated heterocycles. The normalized spacial score (nSPS) is 11.7. The van der Waals surface area contributed by atoms with E-state index in [0.717, 1.165) is 4.70 Å². The summed E-state index contributed by atoms with van der Waals surface area (Å²) < 4.78 is 28.4. The van der Waals surface area contributed by atoms with Crippen LogP contribution in [0.1, 0.15) is 0 Å². The number of nitrogens with zero attached hydrogens (tertiary/aromatic N) is 2. The maximum absolute atomic E-state index is 12.3. The molecule has 108 valence electrons. The Morgan fingerprint density at radius 2 is 2.05 bits per heavy atom. The molecule has 0 aliphatic rings. The lowest BCUT2D eigenvalue weighted by Crippen LogP contribution is -2.12. The number of halogens is 1. The smallest absolute Gasteiger partial charge is 0.265 e. The van der Waals surface area contributed by atoms with E-state index in [0.29, 0.717) is 15.7 Å². The van der Waals surface area contributed by atoms with Gasteiger partial charge in [-0.15, -0.1) is 0 Å². The Kier molecular flexibility index (Phi) is 3.56. The van der Waals surface area contributed by atoms with Crippen molar-refractivity contribution >= 4 is 58.3 Å². The second kappa shape index (κ2) is 5.24. The zero-order valence-electron chi connectivity index (χ0n) is 10.4. The van der Waals surface area contributed by atoms with E-state index < -0.39 is 10.0 Å².